The number of unbranched alkanes of at least 4 members (excludes halogenated alkanes) is 1. The molecule has 0 N–H and O–H groups in total. The zero-order valence-corrected chi connectivity index (χ0v) is 14.5. The molecule has 0 fully saturated rings. The maximum absolute atomic E-state index is 5.63. The minimum Gasteiger partial charge on any atom is -0.416 e. The Hall–Kier alpha value is -2.42. The van der Waals surface area contributed by atoms with E-state index in [4.69, 9.17) is 4.42 Å². The van der Waals surface area contributed by atoms with E-state index < -0.39 is 0 Å². The van der Waals surface area contributed by atoms with Crippen LogP contribution in [0.3, 0.4) is 0 Å². The van der Waals surface area contributed by atoms with E-state index in [1.807, 2.05) is 74.5 Å². The molecule has 0 unspecified atom stereocenters. The summed E-state index contributed by atoms with van der Waals surface area (Å²) in [4.78, 5) is 0. The van der Waals surface area contributed by atoms with Crippen LogP contribution in [0, 0.1) is 0 Å². The molecule has 3 aromatic rings. The summed E-state index contributed by atoms with van der Waals surface area (Å²) in [5.74, 6) is 1.09. The Kier molecular flexibility index (Phi) is 9.06. The topological polar surface area (TPSA) is 38.9 Å². The minimum atomic E-state index is 0.546. The van der Waals surface area contributed by atoms with Gasteiger partial charge in [0.25, 0.3) is 0 Å². The molecule has 1 heterocycles. The summed E-state index contributed by atoms with van der Waals surface area (Å²) < 4.78 is 5.63. The Balaban J connectivity index is 0.000000388. The molecule has 23 heavy (non-hydrogen) atoms. The number of aromatic nitrogens is 2. The summed E-state index contributed by atoms with van der Waals surface area (Å²) in [5.41, 5.74) is 1.87. The summed E-state index contributed by atoms with van der Waals surface area (Å²) in [7, 11) is 0. The first kappa shape index (κ1) is 18.6. The van der Waals surface area contributed by atoms with Crippen LogP contribution in [0.2, 0.25) is 0 Å². The van der Waals surface area contributed by atoms with Gasteiger partial charge in [-0.1, -0.05) is 76.9 Å². The molecule has 0 saturated carbocycles. The molecule has 0 aliphatic carbocycles. The Morgan fingerprint density at radius 3 is 1.30 bits per heavy atom. The fourth-order valence-electron chi connectivity index (χ4n) is 1.62. The molecule has 0 aliphatic rings. The third-order valence-corrected chi connectivity index (χ3v) is 2.97. The lowest BCUT2D eigenvalue weighted by molar-refractivity contribution is 0.584. The molecule has 3 rings (SSSR count). The average Bonchev–Trinajstić information content (AvgIpc) is 3.15. The fourth-order valence-corrected chi connectivity index (χ4v) is 1.62. The van der Waals surface area contributed by atoms with Gasteiger partial charge in [-0.2, -0.15) is 0 Å². The van der Waals surface area contributed by atoms with Crippen molar-refractivity contribution in [3.63, 3.8) is 0 Å². The van der Waals surface area contributed by atoms with Crippen LogP contribution in [0.1, 0.15) is 40.5 Å². The van der Waals surface area contributed by atoms with Gasteiger partial charge in [0.1, 0.15) is 0 Å². The van der Waals surface area contributed by atoms with Gasteiger partial charge in [-0.25, -0.2) is 0 Å². The van der Waals surface area contributed by atoms with Crippen molar-refractivity contribution in [2.45, 2.75) is 40.5 Å². The summed E-state index contributed by atoms with van der Waals surface area (Å²) in [5, 5.41) is 8.09. The van der Waals surface area contributed by atoms with Crippen LogP contribution in [0.4, 0.5) is 0 Å². The summed E-state index contributed by atoms with van der Waals surface area (Å²) in [6.45, 7) is 8.36. The molecule has 0 saturated heterocycles. The van der Waals surface area contributed by atoms with Crippen LogP contribution < -0.4 is 0 Å². The molecule has 0 atom stereocenters. The lowest BCUT2D eigenvalue weighted by Crippen LogP contribution is -1.76. The highest BCUT2D eigenvalue weighted by Gasteiger charge is 2.08. The van der Waals surface area contributed by atoms with Crippen molar-refractivity contribution >= 4 is 0 Å². The molecule has 3 nitrogen and oxygen atoms in total. The third-order valence-electron chi connectivity index (χ3n) is 2.97. The molecule has 0 aliphatic heterocycles. The van der Waals surface area contributed by atoms with Crippen LogP contribution in [-0.2, 0) is 0 Å². The van der Waals surface area contributed by atoms with E-state index in [0.29, 0.717) is 11.8 Å². The zero-order valence-electron chi connectivity index (χ0n) is 14.5. The first-order valence-corrected chi connectivity index (χ1v) is 8.29. The molecule has 3 heteroatoms. The van der Waals surface area contributed by atoms with Gasteiger partial charge in [0.2, 0.25) is 11.8 Å². The number of nitrogens with zero attached hydrogens (tertiary/aromatic N) is 2. The number of hydrogen-bond acceptors (Lipinski definition) is 3. The van der Waals surface area contributed by atoms with Crippen LogP contribution in [0.15, 0.2) is 65.1 Å². The van der Waals surface area contributed by atoms with Crippen molar-refractivity contribution < 1.29 is 4.42 Å². The average molecular weight is 310 g/mol. The van der Waals surface area contributed by atoms with Crippen LogP contribution in [0.25, 0.3) is 22.9 Å². The SMILES string of the molecule is CC.CCCC.c1ccc(-c2nnc(-c3ccccc3)o2)cc1. The van der Waals surface area contributed by atoms with Crippen molar-refractivity contribution in [1.82, 2.24) is 10.2 Å². The second-order valence-electron chi connectivity index (χ2n) is 4.64. The standard InChI is InChI=1S/C14H10N2O.C4H10.C2H6/c1-3-7-11(8-4-1)13-15-16-14(17-13)12-9-5-2-6-10-12;1-3-4-2;1-2/h1-10H;3-4H2,1-2H3;1-2H3. The Morgan fingerprint density at radius 1 is 0.652 bits per heavy atom. The molecule has 0 spiro atoms. The first-order valence-electron chi connectivity index (χ1n) is 8.29. The number of rotatable bonds is 3. The number of hydrogen-bond donors (Lipinski definition) is 0. The van der Waals surface area contributed by atoms with Gasteiger partial charge in [0.15, 0.2) is 0 Å². The maximum atomic E-state index is 5.63. The Morgan fingerprint density at radius 2 is 1.00 bits per heavy atom. The van der Waals surface area contributed by atoms with E-state index in [-0.39, 0.29) is 0 Å². The first-order chi connectivity index (χ1) is 11.3. The van der Waals surface area contributed by atoms with Crippen molar-refractivity contribution in [2.24, 2.45) is 0 Å². The minimum absolute atomic E-state index is 0.546. The monoisotopic (exact) mass is 310 g/mol. The lowest BCUT2D eigenvalue weighted by Gasteiger charge is -1.93. The highest BCUT2D eigenvalue weighted by Crippen LogP contribution is 2.22. The van der Waals surface area contributed by atoms with Crippen molar-refractivity contribution in [2.75, 3.05) is 0 Å². The normalized spacial score (nSPS) is 9.22. The molecule has 1 aromatic heterocycles. The molecule has 0 amide bonds. The van der Waals surface area contributed by atoms with E-state index in [1.54, 1.807) is 0 Å². The number of benzene rings is 2. The lowest BCUT2D eigenvalue weighted by atomic mass is 10.2. The molecule has 0 bridgehead atoms. The van der Waals surface area contributed by atoms with Gasteiger partial charge >= 0.3 is 0 Å². The van der Waals surface area contributed by atoms with Gasteiger partial charge in [0, 0.05) is 11.1 Å². The van der Waals surface area contributed by atoms with Gasteiger partial charge in [-0.15, -0.1) is 10.2 Å². The summed E-state index contributed by atoms with van der Waals surface area (Å²) >= 11 is 0. The summed E-state index contributed by atoms with van der Waals surface area (Å²) in [6, 6.07) is 19.5. The highest BCUT2D eigenvalue weighted by atomic mass is 16.4. The predicted molar refractivity (Wildman–Crippen MR) is 97.1 cm³/mol. The van der Waals surface area contributed by atoms with Gasteiger partial charge in [-0.05, 0) is 24.3 Å². The second kappa shape index (κ2) is 11.2. The molecular weight excluding hydrogens is 284 g/mol. The van der Waals surface area contributed by atoms with Gasteiger partial charge in [0.05, 0.1) is 0 Å². The maximum Gasteiger partial charge on any atom is 0.248 e. The van der Waals surface area contributed by atoms with Gasteiger partial charge in [-0.3, -0.25) is 0 Å². The van der Waals surface area contributed by atoms with Crippen molar-refractivity contribution in [1.29, 1.82) is 0 Å². The van der Waals surface area contributed by atoms with E-state index in [9.17, 15) is 0 Å². The third kappa shape index (κ3) is 6.07. The van der Waals surface area contributed by atoms with Gasteiger partial charge < -0.3 is 4.42 Å². The molecule has 0 radical (unpaired) electrons. The molecular formula is C20H26N2O. The highest BCUT2D eigenvalue weighted by molar-refractivity contribution is 5.57. The van der Waals surface area contributed by atoms with E-state index in [2.05, 4.69) is 24.0 Å². The smallest absolute Gasteiger partial charge is 0.248 e. The van der Waals surface area contributed by atoms with E-state index >= 15 is 0 Å². The van der Waals surface area contributed by atoms with Crippen LogP contribution >= 0.6 is 0 Å². The Labute approximate surface area is 139 Å². The van der Waals surface area contributed by atoms with Crippen LogP contribution in [0.5, 0.6) is 0 Å². The molecule has 2 aromatic carbocycles. The van der Waals surface area contributed by atoms with E-state index in [0.717, 1.165) is 11.1 Å². The second-order valence-corrected chi connectivity index (χ2v) is 4.64. The zero-order chi connectivity index (χ0) is 16.9. The predicted octanol–water partition coefficient (Wildman–Crippen LogP) is 6.24. The quantitative estimate of drug-likeness (QED) is 0.575. The largest absolute Gasteiger partial charge is 0.416 e. The Bertz CT molecular complexity index is 577. The molecule has 122 valence electrons. The summed E-state index contributed by atoms with van der Waals surface area (Å²) in [6.07, 6.45) is 2.64. The fraction of sp³-hybridized carbons (Fsp3) is 0.300. The van der Waals surface area contributed by atoms with Crippen molar-refractivity contribution in [3.8, 4) is 22.9 Å². The van der Waals surface area contributed by atoms with Crippen molar-refractivity contribution in [3.05, 3.63) is 60.7 Å². The van der Waals surface area contributed by atoms with Crippen LogP contribution in [-0.4, -0.2) is 10.2 Å². The van der Waals surface area contributed by atoms with E-state index in [1.165, 1.54) is 12.8 Å².